The summed E-state index contributed by atoms with van der Waals surface area (Å²) in [5, 5.41) is 21.0. The van der Waals surface area contributed by atoms with Crippen LogP contribution in [0.2, 0.25) is 0 Å². The molecule has 0 saturated carbocycles. The molecule has 1 aliphatic rings. The molecular weight excluding hydrogens is 430 g/mol. The van der Waals surface area contributed by atoms with Crippen LogP contribution in [0.5, 0.6) is 5.75 Å². The second-order valence-corrected chi connectivity index (χ2v) is 8.63. The molecule has 1 atom stereocenters. The molecule has 1 fully saturated rings. The van der Waals surface area contributed by atoms with Crippen LogP contribution < -0.4 is 10.1 Å². The molecule has 1 N–H and O–H groups in total. The van der Waals surface area contributed by atoms with Crippen molar-refractivity contribution >= 4 is 0 Å². The van der Waals surface area contributed by atoms with Gasteiger partial charge in [0.25, 0.3) is 5.89 Å². The number of nitrogens with zero attached hydrogens (tertiary/aromatic N) is 6. The SMILES string of the molecule is CC(C)(C#N)c1cc(-c2cncc(-c3nnc(-c4ccc(O[C@@H]5CCNC5)cc4)o3)n2)ccn1. The highest BCUT2D eigenvalue weighted by atomic mass is 16.5. The zero-order valence-corrected chi connectivity index (χ0v) is 18.9. The van der Waals surface area contributed by atoms with Gasteiger partial charge in [-0.2, -0.15) is 5.26 Å². The van der Waals surface area contributed by atoms with E-state index in [2.05, 4.69) is 36.5 Å². The van der Waals surface area contributed by atoms with Crippen LogP contribution in [0.3, 0.4) is 0 Å². The van der Waals surface area contributed by atoms with Gasteiger partial charge in [-0.15, -0.1) is 10.2 Å². The van der Waals surface area contributed by atoms with Gasteiger partial charge in [0.05, 0.1) is 35.3 Å². The first-order valence-electron chi connectivity index (χ1n) is 11.0. The Morgan fingerprint density at radius 1 is 1.06 bits per heavy atom. The highest BCUT2D eigenvalue weighted by molar-refractivity contribution is 5.62. The fraction of sp³-hybridized carbons (Fsp3) is 0.280. The molecule has 4 aromatic rings. The van der Waals surface area contributed by atoms with Crippen LogP contribution in [0.15, 0.2) is 59.4 Å². The van der Waals surface area contributed by atoms with Crippen LogP contribution in [-0.4, -0.2) is 44.3 Å². The van der Waals surface area contributed by atoms with Crippen molar-refractivity contribution in [3.8, 4) is 46.1 Å². The van der Waals surface area contributed by atoms with E-state index in [1.165, 1.54) is 0 Å². The first kappa shape index (κ1) is 21.7. The van der Waals surface area contributed by atoms with Crippen molar-refractivity contribution in [1.82, 2.24) is 30.5 Å². The summed E-state index contributed by atoms with van der Waals surface area (Å²) in [5.74, 6) is 1.47. The molecule has 4 heterocycles. The molecule has 1 saturated heterocycles. The summed E-state index contributed by atoms with van der Waals surface area (Å²) < 4.78 is 11.8. The highest BCUT2D eigenvalue weighted by Gasteiger charge is 2.22. The molecule has 170 valence electrons. The van der Waals surface area contributed by atoms with Crippen LogP contribution in [0, 0.1) is 11.3 Å². The minimum Gasteiger partial charge on any atom is -0.489 e. The Bertz CT molecular complexity index is 1340. The Morgan fingerprint density at radius 2 is 1.85 bits per heavy atom. The van der Waals surface area contributed by atoms with E-state index in [4.69, 9.17) is 9.15 Å². The van der Waals surface area contributed by atoms with Crippen molar-refractivity contribution < 1.29 is 9.15 Å². The fourth-order valence-corrected chi connectivity index (χ4v) is 3.64. The van der Waals surface area contributed by atoms with Crippen molar-refractivity contribution in [3.05, 3.63) is 60.7 Å². The number of nitrogens with one attached hydrogen (secondary N) is 1. The summed E-state index contributed by atoms with van der Waals surface area (Å²) in [7, 11) is 0. The first-order chi connectivity index (χ1) is 16.5. The summed E-state index contributed by atoms with van der Waals surface area (Å²) in [4.78, 5) is 13.3. The molecular formula is C25H23N7O2. The molecule has 1 aliphatic heterocycles. The lowest BCUT2D eigenvalue weighted by Gasteiger charge is -2.15. The molecule has 0 aliphatic carbocycles. The average molecular weight is 454 g/mol. The lowest BCUT2D eigenvalue weighted by atomic mass is 9.90. The lowest BCUT2D eigenvalue weighted by Crippen LogP contribution is -2.19. The van der Waals surface area contributed by atoms with Gasteiger partial charge in [0.1, 0.15) is 17.5 Å². The zero-order chi connectivity index (χ0) is 23.5. The van der Waals surface area contributed by atoms with Crippen LogP contribution in [0.1, 0.15) is 26.0 Å². The van der Waals surface area contributed by atoms with Gasteiger partial charge in [0, 0.05) is 23.9 Å². The van der Waals surface area contributed by atoms with Crippen molar-refractivity contribution in [3.63, 3.8) is 0 Å². The normalized spacial score (nSPS) is 15.7. The maximum absolute atomic E-state index is 9.42. The zero-order valence-electron chi connectivity index (χ0n) is 18.9. The maximum atomic E-state index is 9.42. The van der Waals surface area contributed by atoms with Gasteiger partial charge in [-0.05, 0) is 63.2 Å². The molecule has 5 rings (SSSR count). The number of hydrogen-bond donors (Lipinski definition) is 1. The van der Waals surface area contributed by atoms with Gasteiger partial charge in [0.15, 0.2) is 0 Å². The monoisotopic (exact) mass is 453 g/mol. The second-order valence-electron chi connectivity index (χ2n) is 8.63. The van der Waals surface area contributed by atoms with Crippen LogP contribution in [-0.2, 0) is 5.41 Å². The van der Waals surface area contributed by atoms with Crippen LogP contribution in [0.4, 0.5) is 0 Å². The summed E-state index contributed by atoms with van der Waals surface area (Å²) in [5.41, 5.74) is 2.63. The molecule has 3 aromatic heterocycles. The topological polar surface area (TPSA) is 123 Å². The van der Waals surface area contributed by atoms with E-state index in [0.29, 0.717) is 23.0 Å². The molecule has 1 aromatic carbocycles. The van der Waals surface area contributed by atoms with E-state index in [0.717, 1.165) is 36.4 Å². The summed E-state index contributed by atoms with van der Waals surface area (Å²) in [6.45, 7) is 5.50. The molecule has 0 unspecified atom stereocenters. The number of pyridine rings is 1. The molecule has 0 bridgehead atoms. The van der Waals surface area contributed by atoms with Crippen molar-refractivity contribution in [2.45, 2.75) is 31.8 Å². The second kappa shape index (κ2) is 9.00. The van der Waals surface area contributed by atoms with E-state index in [-0.39, 0.29) is 12.0 Å². The fourth-order valence-electron chi connectivity index (χ4n) is 3.64. The molecule has 34 heavy (non-hydrogen) atoms. The lowest BCUT2D eigenvalue weighted by molar-refractivity contribution is 0.223. The third-order valence-corrected chi connectivity index (χ3v) is 5.67. The molecule has 0 radical (unpaired) electrons. The third-order valence-electron chi connectivity index (χ3n) is 5.67. The molecule has 0 amide bonds. The standard InChI is InChI=1S/C25H23N7O2/c1-25(2,15-26)22-11-17(7-10-29-22)20-13-28-14-21(30-20)24-32-31-23(34-24)16-3-5-18(6-4-16)33-19-8-9-27-12-19/h3-7,10-11,13-14,19,27H,8-9,12H2,1-2H3/t19-/m1/s1. The summed E-state index contributed by atoms with van der Waals surface area (Å²) in [6, 6.07) is 13.5. The highest BCUT2D eigenvalue weighted by Crippen LogP contribution is 2.28. The summed E-state index contributed by atoms with van der Waals surface area (Å²) in [6.07, 6.45) is 6.10. The van der Waals surface area contributed by atoms with Gasteiger partial charge in [-0.25, -0.2) is 4.98 Å². The minimum atomic E-state index is -0.711. The Balaban J connectivity index is 1.36. The average Bonchev–Trinajstić information content (AvgIpc) is 3.57. The Hall–Kier alpha value is -4.16. The Morgan fingerprint density at radius 3 is 2.62 bits per heavy atom. The molecule has 0 spiro atoms. The predicted octanol–water partition coefficient (Wildman–Crippen LogP) is 3.80. The van der Waals surface area contributed by atoms with E-state index >= 15 is 0 Å². The largest absolute Gasteiger partial charge is 0.489 e. The number of hydrogen-bond acceptors (Lipinski definition) is 9. The first-order valence-corrected chi connectivity index (χ1v) is 11.0. The van der Waals surface area contributed by atoms with Gasteiger partial charge in [-0.1, -0.05) is 0 Å². The third kappa shape index (κ3) is 4.49. The van der Waals surface area contributed by atoms with Gasteiger partial charge in [-0.3, -0.25) is 9.97 Å². The number of ether oxygens (including phenoxy) is 1. The van der Waals surface area contributed by atoms with E-state index in [1.54, 1.807) is 18.6 Å². The number of nitriles is 1. The van der Waals surface area contributed by atoms with Crippen LogP contribution in [0.25, 0.3) is 34.3 Å². The van der Waals surface area contributed by atoms with Gasteiger partial charge in [0.2, 0.25) is 5.89 Å². The number of benzene rings is 1. The molecule has 9 heteroatoms. The quantitative estimate of drug-likeness (QED) is 0.464. The van der Waals surface area contributed by atoms with E-state index < -0.39 is 5.41 Å². The van der Waals surface area contributed by atoms with Crippen molar-refractivity contribution in [2.75, 3.05) is 13.1 Å². The van der Waals surface area contributed by atoms with Crippen LogP contribution >= 0.6 is 0 Å². The number of aromatic nitrogens is 5. The molecule has 9 nitrogen and oxygen atoms in total. The predicted molar refractivity (Wildman–Crippen MR) is 125 cm³/mol. The smallest absolute Gasteiger partial charge is 0.268 e. The van der Waals surface area contributed by atoms with Crippen molar-refractivity contribution in [2.24, 2.45) is 0 Å². The Labute approximate surface area is 196 Å². The summed E-state index contributed by atoms with van der Waals surface area (Å²) >= 11 is 0. The maximum Gasteiger partial charge on any atom is 0.268 e. The minimum absolute atomic E-state index is 0.203. The van der Waals surface area contributed by atoms with E-state index in [1.807, 2.05) is 50.2 Å². The van der Waals surface area contributed by atoms with Crippen molar-refractivity contribution in [1.29, 1.82) is 5.26 Å². The van der Waals surface area contributed by atoms with E-state index in [9.17, 15) is 5.26 Å². The number of rotatable bonds is 6. The van der Waals surface area contributed by atoms with Gasteiger partial charge >= 0.3 is 0 Å². The van der Waals surface area contributed by atoms with Gasteiger partial charge < -0.3 is 14.5 Å². The Kier molecular flexibility index (Phi) is 5.74.